The van der Waals surface area contributed by atoms with Crippen molar-refractivity contribution in [2.75, 3.05) is 0 Å². The molecule has 0 aromatic heterocycles. The Balaban J connectivity index is 5.46. The lowest BCUT2D eigenvalue weighted by Gasteiger charge is -2.27. The van der Waals surface area contributed by atoms with E-state index in [2.05, 4.69) is 21.3 Å². The Kier molecular flexibility index (Phi) is 15.3. The Labute approximate surface area is 226 Å². The van der Waals surface area contributed by atoms with Crippen molar-refractivity contribution in [3.8, 4) is 0 Å². The van der Waals surface area contributed by atoms with Crippen molar-refractivity contribution in [1.82, 2.24) is 21.3 Å². The van der Waals surface area contributed by atoms with E-state index >= 15 is 0 Å². The monoisotopic (exact) mass is 559 g/mol. The fourth-order valence-electron chi connectivity index (χ4n) is 3.39. The second-order valence-electron chi connectivity index (χ2n) is 9.83. The molecule has 6 atom stereocenters. The molecule has 0 heterocycles. The van der Waals surface area contributed by atoms with Gasteiger partial charge in [-0.15, -0.1) is 0 Å². The van der Waals surface area contributed by atoms with Crippen LogP contribution in [-0.4, -0.2) is 87.1 Å². The normalized spacial score (nSPS) is 15.6. The summed E-state index contributed by atoms with van der Waals surface area (Å²) in [6.45, 7) is 8.31. The van der Waals surface area contributed by atoms with Gasteiger partial charge in [-0.05, 0) is 31.6 Å². The molecule has 0 rings (SSSR count). The van der Waals surface area contributed by atoms with E-state index in [4.69, 9.17) is 15.9 Å². The van der Waals surface area contributed by atoms with Gasteiger partial charge in [-0.25, -0.2) is 4.79 Å². The smallest absolute Gasteiger partial charge is 0.326 e. The highest BCUT2D eigenvalue weighted by Crippen LogP contribution is 2.10. The number of nitrogens with two attached hydrogens (primary N) is 1. The van der Waals surface area contributed by atoms with Crippen LogP contribution in [0.15, 0.2) is 0 Å². The zero-order chi connectivity index (χ0) is 30.4. The lowest BCUT2D eigenvalue weighted by atomic mass is 9.97. The van der Waals surface area contributed by atoms with E-state index in [9.17, 15) is 38.7 Å². The van der Waals surface area contributed by atoms with E-state index in [1.807, 2.05) is 0 Å². The van der Waals surface area contributed by atoms with Crippen molar-refractivity contribution < 1.29 is 48.9 Å². The number of amides is 4. The standard InChI is InChI=1S/C24H41N5O10/c1-6-12(4)19(23(37)28-16(24(38)39)10-18(32)33)29-20(34)13(5)26-22(36)15(9-11(2)3)27-21(35)14(25)7-8-17(30)31/h11-16,19H,6-10,25H2,1-5H3,(H,26,36)(H,27,35)(H,28,37)(H,29,34)(H,30,31)(H,32,33)(H,38,39)/t12-,13-,14-,15-,16-,19-/m0/s1. The summed E-state index contributed by atoms with van der Waals surface area (Å²) in [5.41, 5.74) is 5.72. The third-order valence-corrected chi connectivity index (χ3v) is 5.88. The summed E-state index contributed by atoms with van der Waals surface area (Å²) in [5, 5.41) is 36.4. The minimum absolute atomic E-state index is 0.0492. The fraction of sp³-hybridized carbons (Fsp3) is 0.708. The van der Waals surface area contributed by atoms with Crippen molar-refractivity contribution in [3.63, 3.8) is 0 Å². The number of carbonyl (C=O) groups is 7. The average Bonchev–Trinajstić information content (AvgIpc) is 2.83. The number of carboxylic acid groups (broad SMARTS) is 3. The first-order valence-corrected chi connectivity index (χ1v) is 12.6. The molecule has 0 aliphatic heterocycles. The third kappa shape index (κ3) is 13.6. The minimum Gasteiger partial charge on any atom is -0.481 e. The van der Waals surface area contributed by atoms with Crippen LogP contribution in [-0.2, 0) is 33.6 Å². The molecule has 15 heteroatoms. The zero-order valence-electron chi connectivity index (χ0n) is 22.9. The average molecular weight is 560 g/mol. The topological polar surface area (TPSA) is 254 Å². The molecule has 0 aromatic rings. The van der Waals surface area contributed by atoms with E-state index in [1.165, 1.54) is 6.92 Å². The number of carboxylic acids is 3. The molecule has 222 valence electrons. The van der Waals surface area contributed by atoms with Crippen LogP contribution in [0.1, 0.15) is 66.7 Å². The van der Waals surface area contributed by atoms with Crippen molar-refractivity contribution in [2.24, 2.45) is 17.6 Å². The highest BCUT2D eigenvalue weighted by molar-refractivity contribution is 5.95. The molecule has 0 unspecified atom stereocenters. The van der Waals surface area contributed by atoms with Crippen LogP contribution in [0, 0.1) is 11.8 Å². The Morgan fingerprint density at radius 2 is 1.28 bits per heavy atom. The predicted octanol–water partition coefficient (Wildman–Crippen LogP) is -1.21. The summed E-state index contributed by atoms with van der Waals surface area (Å²) in [6, 6.07) is -6.35. The molecule has 0 bridgehead atoms. The summed E-state index contributed by atoms with van der Waals surface area (Å²) in [7, 11) is 0. The lowest BCUT2D eigenvalue weighted by Crippen LogP contribution is -2.59. The molecule has 0 aliphatic rings. The van der Waals surface area contributed by atoms with Gasteiger partial charge in [0.25, 0.3) is 0 Å². The first-order valence-electron chi connectivity index (χ1n) is 12.6. The number of rotatable bonds is 18. The van der Waals surface area contributed by atoms with Gasteiger partial charge in [-0.1, -0.05) is 34.1 Å². The maximum Gasteiger partial charge on any atom is 0.326 e. The first-order chi connectivity index (χ1) is 18.0. The van der Waals surface area contributed by atoms with Crippen LogP contribution < -0.4 is 27.0 Å². The predicted molar refractivity (Wildman–Crippen MR) is 137 cm³/mol. The number of hydrogen-bond acceptors (Lipinski definition) is 8. The zero-order valence-corrected chi connectivity index (χ0v) is 22.9. The van der Waals surface area contributed by atoms with Gasteiger partial charge in [0, 0.05) is 6.42 Å². The molecule has 39 heavy (non-hydrogen) atoms. The van der Waals surface area contributed by atoms with E-state index in [0.29, 0.717) is 6.42 Å². The van der Waals surface area contributed by atoms with Crippen molar-refractivity contribution in [1.29, 1.82) is 0 Å². The molecule has 0 aromatic carbocycles. The van der Waals surface area contributed by atoms with Gasteiger partial charge < -0.3 is 42.3 Å². The number of hydrogen-bond donors (Lipinski definition) is 8. The van der Waals surface area contributed by atoms with Gasteiger partial charge in [0.15, 0.2) is 0 Å². The first kappa shape index (κ1) is 35.2. The summed E-state index contributed by atoms with van der Waals surface area (Å²) in [4.78, 5) is 83.9. The summed E-state index contributed by atoms with van der Waals surface area (Å²) in [6.07, 6.45) is -0.737. The Morgan fingerprint density at radius 3 is 1.74 bits per heavy atom. The summed E-state index contributed by atoms with van der Waals surface area (Å²) in [5.74, 6) is -7.75. The van der Waals surface area contributed by atoms with Crippen molar-refractivity contribution in [3.05, 3.63) is 0 Å². The maximum absolute atomic E-state index is 12.9. The van der Waals surface area contributed by atoms with Crippen LogP contribution in [0.4, 0.5) is 0 Å². The molecular weight excluding hydrogens is 518 g/mol. The van der Waals surface area contributed by atoms with Gasteiger partial charge in [0.1, 0.15) is 24.2 Å². The summed E-state index contributed by atoms with van der Waals surface area (Å²) >= 11 is 0. The molecule has 4 amide bonds. The maximum atomic E-state index is 12.9. The summed E-state index contributed by atoms with van der Waals surface area (Å²) < 4.78 is 0. The molecule has 0 saturated heterocycles. The number of carbonyl (C=O) groups excluding carboxylic acids is 4. The van der Waals surface area contributed by atoms with E-state index < -0.39 is 84.1 Å². The van der Waals surface area contributed by atoms with E-state index in [-0.39, 0.29) is 25.2 Å². The van der Waals surface area contributed by atoms with Crippen LogP contribution in [0.2, 0.25) is 0 Å². The van der Waals surface area contributed by atoms with Crippen LogP contribution in [0.3, 0.4) is 0 Å². The minimum atomic E-state index is -1.71. The Hall–Kier alpha value is -3.75. The van der Waals surface area contributed by atoms with Crippen LogP contribution >= 0.6 is 0 Å². The van der Waals surface area contributed by atoms with Crippen LogP contribution in [0.25, 0.3) is 0 Å². The molecule has 0 spiro atoms. The molecule has 0 saturated carbocycles. The Bertz CT molecular complexity index is 910. The number of nitrogens with one attached hydrogen (secondary N) is 4. The van der Waals surface area contributed by atoms with Crippen LogP contribution in [0.5, 0.6) is 0 Å². The quantitative estimate of drug-likeness (QED) is 0.0988. The second-order valence-corrected chi connectivity index (χ2v) is 9.83. The second kappa shape index (κ2) is 17.0. The van der Waals surface area contributed by atoms with E-state index in [0.717, 1.165) is 0 Å². The molecule has 0 aliphatic carbocycles. The lowest BCUT2D eigenvalue weighted by molar-refractivity contribution is -0.147. The Morgan fingerprint density at radius 1 is 0.718 bits per heavy atom. The number of aliphatic carboxylic acids is 3. The molecule has 15 nitrogen and oxygen atoms in total. The highest BCUT2D eigenvalue weighted by atomic mass is 16.4. The molecule has 0 fully saturated rings. The van der Waals surface area contributed by atoms with Crippen molar-refractivity contribution in [2.45, 2.75) is 96.9 Å². The fourth-order valence-corrected chi connectivity index (χ4v) is 3.39. The van der Waals surface area contributed by atoms with Gasteiger partial charge in [-0.3, -0.25) is 28.8 Å². The molecule has 9 N–H and O–H groups in total. The molecule has 0 radical (unpaired) electrons. The van der Waals surface area contributed by atoms with E-state index in [1.54, 1.807) is 27.7 Å². The highest BCUT2D eigenvalue weighted by Gasteiger charge is 2.33. The third-order valence-electron chi connectivity index (χ3n) is 5.88. The largest absolute Gasteiger partial charge is 0.481 e. The molecular formula is C24H41N5O10. The van der Waals surface area contributed by atoms with Crippen molar-refractivity contribution >= 4 is 41.5 Å². The van der Waals surface area contributed by atoms with Gasteiger partial charge in [0.05, 0.1) is 12.5 Å². The van der Waals surface area contributed by atoms with Gasteiger partial charge in [-0.2, -0.15) is 0 Å². The van der Waals surface area contributed by atoms with Gasteiger partial charge >= 0.3 is 17.9 Å². The SMILES string of the molecule is CC[C@H](C)[C@H](NC(=O)[C@H](C)NC(=O)[C@H](CC(C)C)NC(=O)[C@@H](N)CCC(=O)O)C(=O)N[C@@H](CC(=O)O)C(=O)O. The van der Waals surface area contributed by atoms with Gasteiger partial charge in [0.2, 0.25) is 23.6 Å².